The standard InChI is InChI=1S/C20H31N3O2/c1-2-3-4-5-6-7-8-9-10-17-18(20(25)23-19(17)24)14-11-15(21)13-16(22)12-14/h11-13,17-18H,2-10,21-22H2,1H3,(H,23,24,25). The molecule has 0 bridgehead atoms. The number of carbonyl (C=O) groups is 2. The summed E-state index contributed by atoms with van der Waals surface area (Å²) in [5.41, 5.74) is 13.5. The molecular formula is C20H31N3O2. The summed E-state index contributed by atoms with van der Waals surface area (Å²) in [5, 5.41) is 2.47. The van der Waals surface area contributed by atoms with E-state index in [1.807, 2.05) is 0 Å². The van der Waals surface area contributed by atoms with Gasteiger partial charge in [0.25, 0.3) is 0 Å². The lowest BCUT2D eigenvalue weighted by Crippen LogP contribution is -2.22. The average molecular weight is 345 g/mol. The van der Waals surface area contributed by atoms with Crippen LogP contribution in [0.15, 0.2) is 18.2 Å². The molecule has 1 fully saturated rings. The lowest BCUT2D eigenvalue weighted by molar-refractivity contribution is -0.125. The molecule has 1 saturated heterocycles. The third-order valence-corrected chi connectivity index (χ3v) is 5.00. The van der Waals surface area contributed by atoms with E-state index in [2.05, 4.69) is 12.2 Å². The third-order valence-electron chi connectivity index (χ3n) is 5.00. The second kappa shape index (κ2) is 9.44. The summed E-state index contributed by atoms with van der Waals surface area (Å²) in [6.07, 6.45) is 10.4. The monoisotopic (exact) mass is 345 g/mol. The van der Waals surface area contributed by atoms with Gasteiger partial charge in [0.2, 0.25) is 11.8 Å². The molecule has 1 aliphatic heterocycles. The molecule has 5 heteroatoms. The summed E-state index contributed by atoms with van der Waals surface area (Å²) in [7, 11) is 0. The number of hydrogen-bond donors (Lipinski definition) is 3. The van der Waals surface area contributed by atoms with Crippen LogP contribution >= 0.6 is 0 Å². The summed E-state index contributed by atoms with van der Waals surface area (Å²) in [6, 6.07) is 5.16. The van der Waals surface area contributed by atoms with Gasteiger partial charge in [-0.25, -0.2) is 0 Å². The van der Waals surface area contributed by atoms with Gasteiger partial charge in [-0.1, -0.05) is 58.3 Å². The van der Waals surface area contributed by atoms with Gasteiger partial charge in [0, 0.05) is 11.4 Å². The van der Waals surface area contributed by atoms with Gasteiger partial charge in [-0.3, -0.25) is 14.9 Å². The molecule has 1 heterocycles. The number of rotatable bonds is 10. The van der Waals surface area contributed by atoms with Crippen LogP contribution in [-0.2, 0) is 9.59 Å². The number of hydrogen-bond acceptors (Lipinski definition) is 4. The molecule has 5 N–H and O–H groups in total. The van der Waals surface area contributed by atoms with Crippen molar-refractivity contribution >= 4 is 23.2 Å². The van der Waals surface area contributed by atoms with Crippen molar-refractivity contribution in [3.05, 3.63) is 23.8 Å². The van der Waals surface area contributed by atoms with Crippen LogP contribution in [0.25, 0.3) is 0 Å². The van der Waals surface area contributed by atoms with Gasteiger partial charge in [0.15, 0.2) is 0 Å². The predicted molar refractivity (Wildman–Crippen MR) is 102 cm³/mol. The van der Waals surface area contributed by atoms with E-state index in [1.54, 1.807) is 18.2 Å². The van der Waals surface area contributed by atoms with E-state index < -0.39 is 5.92 Å². The van der Waals surface area contributed by atoms with Crippen molar-refractivity contribution in [1.29, 1.82) is 0 Å². The second-order valence-corrected chi connectivity index (χ2v) is 7.13. The van der Waals surface area contributed by atoms with Crippen molar-refractivity contribution in [2.75, 3.05) is 11.5 Å². The summed E-state index contributed by atoms with van der Waals surface area (Å²) >= 11 is 0. The zero-order valence-electron chi connectivity index (χ0n) is 15.2. The quantitative estimate of drug-likeness (QED) is 0.342. The molecule has 2 atom stereocenters. The highest BCUT2D eigenvalue weighted by atomic mass is 16.2. The molecule has 25 heavy (non-hydrogen) atoms. The van der Waals surface area contributed by atoms with Crippen LogP contribution in [0.1, 0.15) is 76.2 Å². The van der Waals surface area contributed by atoms with Crippen molar-refractivity contribution < 1.29 is 9.59 Å². The fourth-order valence-corrected chi connectivity index (χ4v) is 3.69. The molecule has 2 amide bonds. The van der Waals surface area contributed by atoms with Crippen molar-refractivity contribution in [3.63, 3.8) is 0 Å². The van der Waals surface area contributed by atoms with Crippen LogP contribution in [-0.4, -0.2) is 11.8 Å². The minimum absolute atomic E-state index is 0.168. The number of benzene rings is 1. The Morgan fingerprint density at radius 1 is 0.840 bits per heavy atom. The molecule has 0 radical (unpaired) electrons. The highest BCUT2D eigenvalue weighted by Gasteiger charge is 2.42. The lowest BCUT2D eigenvalue weighted by atomic mass is 9.84. The van der Waals surface area contributed by atoms with E-state index in [1.165, 1.54) is 38.5 Å². The van der Waals surface area contributed by atoms with Crippen LogP contribution < -0.4 is 16.8 Å². The first kappa shape index (κ1) is 19.3. The zero-order valence-corrected chi connectivity index (χ0v) is 15.2. The van der Waals surface area contributed by atoms with E-state index in [-0.39, 0.29) is 17.7 Å². The number of nitrogens with two attached hydrogens (primary N) is 2. The third kappa shape index (κ3) is 5.48. The fraction of sp³-hybridized carbons (Fsp3) is 0.600. The molecule has 2 rings (SSSR count). The Balaban J connectivity index is 1.87. The van der Waals surface area contributed by atoms with Crippen LogP contribution in [0.5, 0.6) is 0 Å². The van der Waals surface area contributed by atoms with Crippen LogP contribution in [0.2, 0.25) is 0 Å². The Bertz CT molecular complexity index is 580. The highest BCUT2D eigenvalue weighted by Crippen LogP contribution is 2.35. The predicted octanol–water partition coefficient (Wildman–Crippen LogP) is 3.74. The maximum Gasteiger partial charge on any atom is 0.234 e. The van der Waals surface area contributed by atoms with Crippen LogP contribution in [0, 0.1) is 5.92 Å². The van der Waals surface area contributed by atoms with Gasteiger partial charge in [0.05, 0.1) is 11.8 Å². The summed E-state index contributed by atoms with van der Waals surface area (Å²) in [4.78, 5) is 24.4. The normalized spacial score (nSPS) is 20.0. The molecule has 1 aromatic rings. The van der Waals surface area contributed by atoms with Crippen LogP contribution in [0.4, 0.5) is 11.4 Å². The molecule has 0 saturated carbocycles. The SMILES string of the molecule is CCCCCCCCCCC1C(=O)NC(=O)C1c1cc(N)cc(N)c1. The molecule has 5 nitrogen and oxygen atoms in total. The molecule has 138 valence electrons. The van der Waals surface area contributed by atoms with Crippen molar-refractivity contribution in [2.45, 2.75) is 70.6 Å². The molecule has 1 aromatic carbocycles. The lowest BCUT2D eigenvalue weighted by Gasteiger charge is -2.16. The molecular weight excluding hydrogens is 314 g/mol. The van der Waals surface area contributed by atoms with Gasteiger partial charge in [-0.05, 0) is 30.2 Å². The van der Waals surface area contributed by atoms with E-state index in [0.717, 1.165) is 24.8 Å². The van der Waals surface area contributed by atoms with E-state index >= 15 is 0 Å². The smallest absolute Gasteiger partial charge is 0.234 e. The van der Waals surface area contributed by atoms with Gasteiger partial charge in [-0.15, -0.1) is 0 Å². The van der Waals surface area contributed by atoms with E-state index in [0.29, 0.717) is 11.4 Å². The number of nitrogen functional groups attached to an aromatic ring is 2. The second-order valence-electron chi connectivity index (χ2n) is 7.13. The number of unbranched alkanes of at least 4 members (excludes halogenated alkanes) is 7. The first-order valence-electron chi connectivity index (χ1n) is 9.53. The Labute approximate surface area is 150 Å². The number of anilines is 2. The van der Waals surface area contributed by atoms with E-state index in [4.69, 9.17) is 11.5 Å². The molecule has 0 aromatic heterocycles. The summed E-state index contributed by atoms with van der Waals surface area (Å²) in [5.74, 6) is -1.19. The van der Waals surface area contributed by atoms with Crippen molar-refractivity contribution in [1.82, 2.24) is 5.32 Å². The van der Waals surface area contributed by atoms with Crippen LogP contribution in [0.3, 0.4) is 0 Å². The maximum absolute atomic E-state index is 12.2. The van der Waals surface area contributed by atoms with Gasteiger partial charge in [0.1, 0.15) is 0 Å². The highest BCUT2D eigenvalue weighted by molar-refractivity contribution is 6.07. The Morgan fingerprint density at radius 2 is 1.40 bits per heavy atom. The molecule has 0 spiro atoms. The van der Waals surface area contributed by atoms with Gasteiger partial charge < -0.3 is 11.5 Å². The number of carbonyl (C=O) groups excluding carboxylic acids is 2. The topological polar surface area (TPSA) is 98.2 Å². The fourth-order valence-electron chi connectivity index (χ4n) is 3.69. The Kier molecular flexibility index (Phi) is 7.29. The van der Waals surface area contributed by atoms with Gasteiger partial charge >= 0.3 is 0 Å². The average Bonchev–Trinajstić information content (AvgIpc) is 2.82. The molecule has 1 aliphatic rings. The van der Waals surface area contributed by atoms with E-state index in [9.17, 15) is 9.59 Å². The van der Waals surface area contributed by atoms with Gasteiger partial charge in [-0.2, -0.15) is 0 Å². The first-order valence-corrected chi connectivity index (χ1v) is 9.53. The number of imide groups is 1. The number of nitrogens with one attached hydrogen (secondary N) is 1. The molecule has 0 aliphatic carbocycles. The number of amides is 2. The summed E-state index contributed by atoms with van der Waals surface area (Å²) in [6.45, 7) is 2.22. The van der Waals surface area contributed by atoms with Crippen molar-refractivity contribution in [2.24, 2.45) is 5.92 Å². The zero-order chi connectivity index (χ0) is 18.2. The largest absolute Gasteiger partial charge is 0.399 e. The Morgan fingerprint density at radius 3 is 2.00 bits per heavy atom. The van der Waals surface area contributed by atoms with Crippen molar-refractivity contribution in [3.8, 4) is 0 Å². The maximum atomic E-state index is 12.2. The minimum Gasteiger partial charge on any atom is -0.399 e. The molecule has 2 unspecified atom stereocenters. The Hall–Kier alpha value is -2.04. The summed E-state index contributed by atoms with van der Waals surface area (Å²) < 4.78 is 0. The first-order chi connectivity index (χ1) is 12.0. The minimum atomic E-state index is -0.470.